The van der Waals surface area contributed by atoms with Crippen molar-refractivity contribution in [1.29, 1.82) is 0 Å². The van der Waals surface area contributed by atoms with Crippen LogP contribution in [0.4, 0.5) is 14.5 Å². The molecule has 0 saturated heterocycles. The van der Waals surface area contributed by atoms with Crippen molar-refractivity contribution in [2.45, 2.75) is 4.90 Å². The van der Waals surface area contributed by atoms with Crippen molar-refractivity contribution < 1.29 is 32.6 Å². The average Bonchev–Trinajstić information content (AvgIpc) is 2.73. The maximum atomic E-state index is 13.2. The topological polar surface area (TPSA) is 93.7 Å². The first-order chi connectivity index (χ1) is 14.4. The molecule has 0 unspecified atom stereocenters. The fourth-order valence-electron chi connectivity index (χ4n) is 2.23. The number of nitrogens with one attached hydrogen (secondary N) is 2. The summed E-state index contributed by atoms with van der Waals surface area (Å²) in [6.07, 6.45) is 0. The Balaban J connectivity index is 1.88. The second-order valence-electron chi connectivity index (χ2n) is 5.88. The summed E-state index contributed by atoms with van der Waals surface area (Å²) in [6.45, 7) is 0.160. The first kappa shape index (κ1) is 23.3. The van der Waals surface area contributed by atoms with Crippen molar-refractivity contribution >= 4 is 35.2 Å². The summed E-state index contributed by atoms with van der Waals surface area (Å²) in [5, 5.41) is 4.97. The highest BCUT2D eigenvalue weighted by molar-refractivity contribution is 8.00. The smallest absolute Gasteiger partial charge is 0.339 e. The molecule has 0 bridgehead atoms. The van der Waals surface area contributed by atoms with Crippen LogP contribution >= 0.6 is 11.8 Å². The summed E-state index contributed by atoms with van der Waals surface area (Å²) >= 11 is 1.15. The number of halogens is 2. The Kier molecular flexibility index (Phi) is 9.23. The Morgan fingerprint density at radius 1 is 1.03 bits per heavy atom. The van der Waals surface area contributed by atoms with Crippen molar-refractivity contribution in [2.24, 2.45) is 0 Å². The molecule has 0 saturated carbocycles. The fourth-order valence-corrected chi connectivity index (χ4v) is 3.10. The summed E-state index contributed by atoms with van der Waals surface area (Å²) < 4.78 is 35.9. The number of hydrogen-bond donors (Lipinski definition) is 2. The Labute approximate surface area is 176 Å². The highest BCUT2D eigenvalue weighted by Gasteiger charge is 2.16. The molecule has 160 valence electrons. The first-order valence-electron chi connectivity index (χ1n) is 8.80. The van der Waals surface area contributed by atoms with Crippen molar-refractivity contribution in [2.75, 3.05) is 37.9 Å². The zero-order valence-corrected chi connectivity index (χ0v) is 16.9. The van der Waals surface area contributed by atoms with E-state index in [9.17, 15) is 23.2 Å². The van der Waals surface area contributed by atoms with Gasteiger partial charge in [0.25, 0.3) is 5.91 Å². The highest BCUT2D eigenvalue weighted by Crippen LogP contribution is 2.23. The zero-order chi connectivity index (χ0) is 21.9. The van der Waals surface area contributed by atoms with Gasteiger partial charge in [0.15, 0.2) is 18.2 Å². The minimum absolute atomic E-state index is 0.0328. The number of methoxy groups -OCH3 is 1. The standard InChI is InChI=1S/C20H20F2N2O5S/c1-28-9-8-23-19(26)12-30-17-5-3-2-4-14(17)20(27)29-11-18(25)24-13-6-7-15(21)16(22)10-13/h2-7,10H,8-9,11-12H2,1H3,(H,23,26)(H,24,25). The van der Waals surface area contributed by atoms with Gasteiger partial charge in [-0.1, -0.05) is 12.1 Å². The molecule has 30 heavy (non-hydrogen) atoms. The molecule has 0 aliphatic heterocycles. The van der Waals surface area contributed by atoms with Gasteiger partial charge in [-0.25, -0.2) is 13.6 Å². The number of anilines is 1. The Morgan fingerprint density at radius 2 is 1.80 bits per heavy atom. The minimum atomic E-state index is -1.11. The summed E-state index contributed by atoms with van der Waals surface area (Å²) in [7, 11) is 1.53. The molecule has 2 aromatic carbocycles. The van der Waals surface area contributed by atoms with E-state index in [2.05, 4.69) is 10.6 Å². The van der Waals surface area contributed by atoms with Gasteiger partial charge in [0.1, 0.15) is 0 Å². The normalized spacial score (nSPS) is 10.4. The molecule has 0 heterocycles. The summed E-state index contributed by atoms with van der Waals surface area (Å²) in [5.74, 6) is -3.74. The fraction of sp³-hybridized carbons (Fsp3) is 0.250. The van der Waals surface area contributed by atoms with Gasteiger partial charge in [-0.15, -0.1) is 11.8 Å². The van der Waals surface area contributed by atoms with Gasteiger partial charge in [0.05, 0.1) is 17.9 Å². The number of ether oxygens (including phenoxy) is 2. The number of carbonyl (C=O) groups excluding carboxylic acids is 3. The molecule has 0 fully saturated rings. The second kappa shape index (κ2) is 11.9. The van der Waals surface area contributed by atoms with E-state index in [0.29, 0.717) is 18.0 Å². The number of benzene rings is 2. The van der Waals surface area contributed by atoms with Crippen molar-refractivity contribution in [1.82, 2.24) is 5.32 Å². The molecule has 10 heteroatoms. The van der Waals surface area contributed by atoms with Gasteiger partial charge in [-0.05, 0) is 24.3 Å². The molecule has 0 spiro atoms. The van der Waals surface area contributed by atoms with Crippen LogP contribution in [0.15, 0.2) is 47.4 Å². The SMILES string of the molecule is COCCNC(=O)CSc1ccccc1C(=O)OCC(=O)Nc1ccc(F)c(F)c1. The third-order valence-corrected chi connectivity index (χ3v) is 4.71. The van der Waals surface area contributed by atoms with Crippen LogP contribution in [0.3, 0.4) is 0 Å². The number of amides is 2. The predicted molar refractivity (Wildman–Crippen MR) is 107 cm³/mol. The molecule has 0 atom stereocenters. The monoisotopic (exact) mass is 438 g/mol. The minimum Gasteiger partial charge on any atom is -0.452 e. The van der Waals surface area contributed by atoms with Gasteiger partial charge in [-0.2, -0.15) is 0 Å². The molecule has 2 rings (SSSR count). The number of thioether (sulfide) groups is 1. The molecular weight excluding hydrogens is 418 g/mol. The molecule has 2 amide bonds. The number of carbonyl (C=O) groups is 3. The van der Waals surface area contributed by atoms with Crippen LogP contribution in [0.1, 0.15) is 10.4 Å². The Morgan fingerprint density at radius 3 is 2.53 bits per heavy atom. The van der Waals surface area contributed by atoms with Crippen molar-refractivity contribution in [3.05, 3.63) is 59.7 Å². The largest absolute Gasteiger partial charge is 0.452 e. The first-order valence-corrected chi connectivity index (χ1v) is 9.78. The van der Waals surface area contributed by atoms with E-state index in [1.165, 1.54) is 19.2 Å². The molecule has 0 aromatic heterocycles. The molecular formula is C20H20F2N2O5S. The zero-order valence-electron chi connectivity index (χ0n) is 16.1. The number of esters is 1. The highest BCUT2D eigenvalue weighted by atomic mass is 32.2. The summed E-state index contributed by atoms with van der Waals surface area (Å²) in [5.41, 5.74) is 0.234. The maximum absolute atomic E-state index is 13.2. The lowest BCUT2D eigenvalue weighted by atomic mass is 10.2. The van der Waals surface area contributed by atoms with Gasteiger partial charge < -0.3 is 20.1 Å². The van der Waals surface area contributed by atoms with Crippen molar-refractivity contribution in [3.8, 4) is 0 Å². The van der Waals surface area contributed by atoms with Crippen LogP contribution in [-0.4, -0.2) is 50.4 Å². The van der Waals surface area contributed by atoms with E-state index in [1.54, 1.807) is 18.2 Å². The van der Waals surface area contributed by atoms with Crippen molar-refractivity contribution in [3.63, 3.8) is 0 Å². The van der Waals surface area contributed by atoms with E-state index in [4.69, 9.17) is 9.47 Å². The Hall–Kier alpha value is -2.98. The van der Waals surface area contributed by atoms with Gasteiger partial charge in [0, 0.05) is 30.3 Å². The van der Waals surface area contributed by atoms with Gasteiger partial charge in [-0.3, -0.25) is 9.59 Å². The maximum Gasteiger partial charge on any atom is 0.339 e. The molecule has 0 radical (unpaired) electrons. The van der Waals surface area contributed by atoms with Crippen LogP contribution in [0, 0.1) is 11.6 Å². The number of hydrogen-bond acceptors (Lipinski definition) is 6. The molecule has 2 N–H and O–H groups in total. The Bertz CT molecular complexity index is 911. The average molecular weight is 438 g/mol. The van der Waals surface area contributed by atoms with E-state index >= 15 is 0 Å². The van der Waals surface area contributed by atoms with Gasteiger partial charge in [0.2, 0.25) is 5.91 Å². The summed E-state index contributed by atoms with van der Waals surface area (Å²) in [6, 6.07) is 9.38. The van der Waals surface area contributed by atoms with E-state index in [1.807, 2.05) is 0 Å². The quantitative estimate of drug-likeness (QED) is 0.337. The molecule has 0 aliphatic carbocycles. The molecule has 0 aliphatic rings. The van der Waals surface area contributed by atoms with Crippen LogP contribution in [0.2, 0.25) is 0 Å². The predicted octanol–water partition coefficient (Wildman–Crippen LogP) is 2.62. The van der Waals surface area contributed by atoms with Crippen LogP contribution in [-0.2, 0) is 19.1 Å². The third kappa shape index (κ3) is 7.45. The van der Waals surface area contributed by atoms with E-state index in [0.717, 1.165) is 23.9 Å². The van der Waals surface area contributed by atoms with Gasteiger partial charge >= 0.3 is 5.97 Å². The molecule has 2 aromatic rings. The second-order valence-corrected chi connectivity index (χ2v) is 6.90. The lowest BCUT2D eigenvalue weighted by Crippen LogP contribution is -2.28. The molecule has 7 nitrogen and oxygen atoms in total. The number of rotatable bonds is 10. The van der Waals surface area contributed by atoms with E-state index < -0.39 is 30.1 Å². The lowest BCUT2D eigenvalue weighted by molar-refractivity contribution is -0.119. The summed E-state index contributed by atoms with van der Waals surface area (Å²) in [4.78, 5) is 36.5. The van der Waals surface area contributed by atoms with E-state index in [-0.39, 0.29) is 22.9 Å². The van der Waals surface area contributed by atoms with Crippen LogP contribution in [0.5, 0.6) is 0 Å². The van der Waals surface area contributed by atoms with Crippen LogP contribution in [0.25, 0.3) is 0 Å². The lowest BCUT2D eigenvalue weighted by Gasteiger charge is -2.10. The van der Waals surface area contributed by atoms with Crippen LogP contribution < -0.4 is 10.6 Å². The third-order valence-electron chi connectivity index (χ3n) is 3.63.